The molecule has 0 saturated heterocycles. The van der Waals surface area contributed by atoms with Gasteiger partial charge in [-0.3, -0.25) is 9.08 Å². The first-order valence-electron chi connectivity index (χ1n) is 5.91. The van der Waals surface area contributed by atoms with Crippen molar-refractivity contribution in [3.05, 3.63) is 46.8 Å². The normalized spacial score (nSPS) is 11.2. The van der Waals surface area contributed by atoms with Crippen molar-refractivity contribution >= 4 is 5.65 Å². The van der Waals surface area contributed by atoms with E-state index in [1.54, 1.807) is 29.2 Å². The molecule has 0 aliphatic carbocycles. The second-order valence-corrected chi connectivity index (χ2v) is 4.11. The SMILES string of the molecule is NCc1cn(CCn2nc3ccccn3c2=O)nn1. The molecule has 0 amide bonds. The van der Waals surface area contributed by atoms with Crippen LogP contribution >= 0.6 is 0 Å². The minimum Gasteiger partial charge on any atom is -0.325 e. The number of pyridine rings is 1. The zero-order valence-electron chi connectivity index (χ0n) is 10.2. The van der Waals surface area contributed by atoms with Gasteiger partial charge in [-0.2, -0.15) is 0 Å². The van der Waals surface area contributed by atoms with Crippen molar-refractivity contribution in [1.82, 2.24) is 29.2 Å². The zero-order chi connectivity index (χ0) is 13.2. The maximum atomic E-state index is 12.0. The van der Waals surface area contributed by atoms with Crippen LogP contribution in [-0.2, 0) is 19.6 Å². The quantitative estimate of drug-likeness (QED) is 0.664. The van der Waals surface area contributed by atoms with E-state index in [1.807, 2.05) is 6.07 Å². The predicted molar refractivity (Wildman–Crippen MR) is 67.4 cm³/mol. The highest BCUT2D eigenvalue weighted by Gasteiger charge is 2.06. The summed E-state index contributed by atoms with van der Waals surface area (Å²) in [6.45, 7) is 1.32. The Labute approximate surface area is 108 Å². The van der Waals surface area contributed by atoms with Crippen LogP contribution in [0.2, 0.25) is 0 Å². The first-order chi connectivity index (χ1) is 9.28. The van der Waals surface area contributed by atoms with Crippen molar-refractivity contribution in [2.75, 3.05) is 0 Å². The molecule has 0 aliphatic rings. The van der Waals surface area contributed by atoms with Gasteiger partial charge in [0.2, 0.25) is 0 Å². The van der Waals surface area contributed by atoms with Crippen molar-refractivity contribution in [2.24, 2.45) is 5.73 Å². The van der Waals surface area contributed by atoms with Crippen molar-refractivity contribution < 1.29 is 0 Å². The van der Waals surface area contributed by atoms with Gasteiger partial charge in [-0.1, -0.05) is 11.3 Å². The molecule has 0 saturated carbocycles. The van der Waals surface area contributed by atoms with Crippen molar-refractivity contribution in [3.8, 4) is 0 Å². The van der Waals surface area contributed by atoms with E-state index in [1.165, 1.54) is 9.08 Å². The van der Waals surface area contributed by atoms with Crippen molar-refractivity contribution in [2.45, 2.75) is 19.6 Å². The van der Waals surface area contributed by atoms with Crippen LogP contribution in [0.4, 0.5) is 0 Å². The highest BCUT2D eigenvalue weighted by atomic mass is 16.2. The van der Waals surface area contributed by atoms with Gasteiger partial charge in [-0.25, -0.2) is 9.48 Å². The summed E-state index contributed by atoms with van der Waals surface area (Å²) in [5, 5.41) is 12.0. The highest BCUT2D eigenvalue weighted by Crippen LogP contribution is 1.96. The summed E-state index contributed by atoms with van der Waals surface area (Å²) in [5.74, 6) is 0. The molecule has 19 heavy (non-hydrogen) atoms. The molecule has 0 fully saturated rings. The van der Waals surface area contributed by atoms with Gasteiger partial charge >= 0.3 is 5.69 Å². The second-order valence-electron chi connectivity index (χ2n) is 4.11. The third-order valence-electron chi connectivity index (χ3n) is 2.82. The smallest absolute Gasteiger partial charge is 0.325 e. The lowest BCUT2D eigenvalue weighted by atomic mass is 10.5. The fraction of sp³-hybridized carbons (Fsp3) is 0.273. The first kappa shape index (κ1) is 11.6. The Bertz CT molecular complexity index is 754. The molecule has 0 atom stereocenters. The number of hydrogen-bond donors (Lipinski definition) is 1. The summed E-state index contributed by atoms with van der Waals surface area (Å²) in [6, 6.07) is 5.43. The molecule has 3 rings (SSSR count). The lowest BCUT2D eigenvalue weighted by Gasteiger charge is -1.98. The summed E-state index contributed by atoms with van der Waals surface area (Å²) in [7, 11) is 0. The lowest BCUT2D eigenvalue weighted by Crippen LogP contribution is -2.23. The molecule has 0 spiro atoms. The molecule has 3 aromatic heterocycles. The largest absolute Gasteiger partial charge is 0.350 e. The van der Waals surface area contributed by atoms with E-state index < -0.39 is 0 Å². The number of nitrogens with two attached hydrogens (primary N) is 1. The van der Waals surface area contributed by atoms with E-state index in [9.17, 15) is 4.79 Å². The number of fused-ring (bicyclic) bond motifs is 1. The topological polar surface area (TPSA) is 96.0 Å². The summed E-state index contributed by atoms with van der Waals surface area (Å²) < 4.78 is 4.57. The van der Waals surface area contributed by atoms with Crippen LogP contribution in [-0.4, -0.2) is 29.2 Å². The zero-order valence-corrected chi connectivity index (χ0v) is 10.2. The third kappa shape index (κ3) is 2.13. The summed E-state index contributed by atoms with van der Waals surface area (Å²) >= 11 is 0. The van der Waals surface area contributed by atoms with E-state index in [0.717, 1.165) is 5.69 Å². The van der Waals surface area contributed by atoms with Crippen LogP contribution in [0.1, 0.15) is 5.69 Å². The van der Waals surface area contributed by atoms with Crippen LogP contribution in [0, 0.1) is 0 Å². The average Bonchev–Trinajstić information content (AvgIpc) is 3.02. The number of rotatable bonds is 4. The molecule has 0 bridgehead atoms. The van der Waals surface area contributed by atoms with Crippen LogP contribution in [0.25, 0.3) is 5.65 Å². The van der Waals surface area contributed by atoms with E-state index >= 15 is 0 Å². The Kier molecular flexibility index (Phi) is 2.84. The van der Waals surface area contributed by atoms with Gasteiger partial charge < -0.3 is 5.73 Å². The summed E-state index contributed by atoms with van der Waals surface area (Å²) in [5.41, 5.74) is 6.66. The predicted octanol–water partition coefficient (Wildman–Crippen LogP) is -0.754. The number of hydrogen-bond acceptors (Lipinski definition) is 5. The van der Waals surface area contributed by atoms with Gasteiger partial charge in [0.25, 0.3) is 0 Å². The molecule has 0 aliphatic heterocycles. The van der Waals surface area contributed by atoms with Gasteiger partial charge in [-0.05, 0) is 12.1 Å². The second kappa shape index (κ2) is 4.65. The molecular formula is C11H13N7O. The fourth-order valence-electron chi connectivity index (χ4n) is 1.85. The van der Waals surface area contributed by atoms with Gasteiger partial charge in [0.1, 0.15) is 0 Å². The molecule has 2 N–H and O–H groups in total. The van der Waals surface area contributed by atoms with Crippen LogP contribution < -0.4 is 11.4 Å². The minimum atomic E-state index is -0.158. The highest BCUT2D eigenvalue weighted by molar-refractivity contribution is 5.35. The molecule has 0 unspecified atom stereocenters. The standard InChI is InChI=1S/C11H13N7O/c12-7-9-8-16(15-13-9)5-6-18-11(19)17-4-2-1-3-10(17)14-18/h1-4,8H,5-7,12H2. The van der Waals surface area contributed by atoms with Crippen LogP contribution in [0.3, 0.4) is 0 Å². The van der Waals surface area contributed by atoms with Crippen LogP contribution in [0.15, 0.2) is 35.4 Å². The van der Waals surface area contributed by atoms with Gasteiger partial charge in [0, 0.05) is 18.9 Å². The Hall–Kier alpha value is -2.48. The van der Waals surface area contributed by atoms with E-state index in [4.69, 9.17) is 5.73 Å². The number of nitrogens with zero attached hydrogens (tertiary/aromatic N) is 6. The van der Waals surface area contributed by atoms with Crippen molar-refractivity contribution in [1.29, 1.82) is 0 Å². The average molecular weight is 259 g/mol. The van der Waals surface area contributed by atoms with Crippen molar-refractivity contribution in [3.63, 3.8) is 0 Å². The van der Waals surface area contributed by atoms with E-state index in [0.29, 0.717) is 25.3 Å². The van der Waals surface area contributed by atoms with Gasteiger partial charge in [0.15, 0.2) is 5.65 Å². The Morgan fingerprint density at radius 2 is 2.16 bits per heavy atom. The van der Waals surface area contributed by atoms with Crippen LogP contribution in [0.5, 0.6) is 0 Å². The molecular weight excluding hydrogens is 246 g/mol. The number of aromatic nitrogens is 6. The Morgan fingerprint density at radius 1 is 1.26 bits per heavy atom. The summed E-state index contributed by atoms with van der Waals surface area (Å²) in [4.78, 5) is 12.0. The number of aryl methyl sites for hydroxylation is 2. The van der Waals surface area contributed by atoms with Gasteiger partial charge in [0.05, 0.1) is 18.8 Å². The molecule has 3 heterocycles. The maximum absolute atomic E-state index is 12.0. The first-order valence-corrected chi connectivity index (χ1v) is 5.91. The monoisotopic (exact) mass is 259 g/mol. The summed E-state index contributed by atoms with van der Waals surface area (Å²) in [6.07, 6.45) is 3.46. The van der Waals surface area contributed by atoms with E-state index in [2.05, 4.69) is 15.4 Å². The third-order valence-corrected chi connectivity index (χ3v) is 2.82. The molecule has 98 valence electrons. The van der Waals surface area contributed by atoms with Gasteiger partial charge in [-0.15, -0.1) is 10.2 Å². The minimum absolute atomic E-state index is 0.158. The molecule has 0 aromatic carbocycles. The molecule has 8 nitrogen and oxygen atoms in total. The molecule has 3 aromatic rings. The molecule has 8 heteroatoms. The Balaban J connectivity index is 1.82. The van der Waals surface area contributed by atoms with E-state index in [-0.39, 0.29) is 5.69 Å². The Morgan fingerprint density at radius 3 is 2.89 bits per heavy atom. The molecule has 0 radical (unpaired) electrons. The lowest BCUT2D eigenvalue weighted by molar-refractivity contribution is 0.480. The maximum Gasteiger partial charge on any atom is 0.350 e. The fourth-order valence-corrected chi connectivity index (χ4v) is 1.85.